The van der Waals surface area contributed by atoms with Crippen molar-refractivity contribution < 1.29 is 9.59 Å². The third-order valence-electron chi connectivity index (χ3n) is 4.89. The van der Waals surface area contributed by atoms with Crippen LogP contribution in [0.5, 0.6) is 0 Å². The number of piperidine rings is 1. The van der Waals surface area contributed by atoms with Crippen LogP contribution in [0.15, 0.2) is 47.4 Å². The second-order valence-corrected chi connectivity index (χ2v) is 8.07. The lowest BCUT2D eigenvalue weighted by Crippen LogP contribution is -2.43. The average Bonchev–Trinajstić information content (AvgIpc) is 2.67. The summed E-state index contributed by atoms with van der Waals surface area (Å²) in [5.41, 5.74) is 3.68. The van der Waals surface area contributed by atoms with Crippen LogP contribution in [0.25, 0.3) is 0 Å². The fraction of sp³-hybridized carbons (Fsp3) is 0.364. The maximum absolute atomic E-state index is 12.9. The molecule has 1 saturated heterocycles. The molecule has 0 aliphatic carbocycles. The number of nitrogens with one attached hydrogen (secondary N) is 1. The van der Waals surface area contributed by atoms with Crippen LogP contribution in [-0.2, 0) is 4.79 Å². The molecule has 0 spiro atoms. The van der Waals surface area contributed by atoms with Gasteiger partial charge in [-0.3, -0.25) is 9.59 Å². The normalized spacial score (nSPS) is 16.9. The van der Waals surface area contributed by atoms with Crippen molar-refractivity contribution in [3.05, 3.63) is 59.2 Å². The summed E-state index contributed by atoms with van der Waals surface area (Å²) < 4.78 is 0. The van der Waals surface area contributed by atoms with Crippen LogP contribution < -0.4 is 5.32 Å². The molecule has 1 aliphatic heterocycles. The zero-order valence-electron chi connectivity index (χ0n) is 16.1. The van der Waals surface area contributed by atoms with Crippen LogP contribution in [0.4, 0.5) is 5.69 Å². The van der Waals surface area contributed by atoms with Gasteiger partial charge in [0.2, 0.25) is 5.91 Å². The van der Waals surface area contributed by atoms with Crippen molar-refractivity contribution >= 4 is 29.3 Å². The Bertz CT molecular complexity index is 830. The zero-order chi connectivity index (χ0) is 19.4. The number of hydrogen-bond acceptors (Lipinski definition) is 3. The van der Waals surface area contributed by atoms with Gasteiger partial charge in [-0.05, 0) is 63.3 Å². The molecule has 1 atom stereocenters. The van der Waals surface area contributed by atoms with Gasteiger partial charge in [-0.15, -0.1) is 11.8 Å². The molecule has 0 aromatic heterocycles. The number of benzene rings is 2. The van der Waals surface area contributed by atoms with Crippen LogP contribution in [0.1, 0.15) is 34.3 Å². The molecule has 1 N–H and O–H groups in total. The third-order valence-corrected chi connectivity index (χ3v) is 5.61. The van der Waals surface area contributed by atoms with E-state index in [4.69, 9.17) is 0 Å². The van der Waals surface area contributed by atoms with Crippen LogP contribution in [0.3, 0.4) is 0 Å². The van der Waals surface area contributed by atoms with Gasteiger partial charge in [0.05, 0.1) is 5.92 Å². The molecular weight excluding hydrogens is 356 g/mol. The first-order chi connectivity index (χ1) is 13.0. The predicted octanol–water partition coefficient (Wildman–Crippen LogP) is 4.52. The molecule has 1 aliphatic rings. The minimum Gasteiger partial charge on any atom is -0.338 e. The van der Waals surface area contributed by atoms with Gasteiger partial charge in [-0.2, -0.15) is 0 Å². The molecule has 142 valence electrons. The summed E-state index contributed by atoms with van der Waals surface area (Å²) in [5, 5.41) is 3.01. The first-order valence-corrected chi connectivity index (χ1v) is 10.5. The van der Waals surface area contributed by atoms with E-state index in [9.17, 15) is 9.59 Å². The number of hydrogen-bond donors (Lipinski definition) is 1. The lowest BCUT2D eigenvalue weighted by molar-refractivity contribution is -0.121. The maximum Gasteiger partial charge on any atom is 0.253 e. The van der Waals surface area contributed by atoms with E-state index in [-0.39, 0.29) is 17.7 Å². The number of amides is 2. The van der Waals surface area contributed by atoms with Gasteiger partial charge >= 0.3 is 0 Å². The van der Waals surface area contributed by atoms with Gasteiger partial charge in [0.1, 0.15) is 0 Å². The second kappa shape index (κ2) is 8.61. The highest BCUT2D eigenvalue weighted by atomic mass is 32.2. The lowest BCUT2D eigenvalue weighted by atomic mass is 9.96. The molecule has 0 saturated carbocycles. The number of aryl methyl sites for hydroxylation is 2. The van der Waals surface area contributed by atoms with Gasteiger partial charge in [0.25, 0.3) is 5.91 Å². The fourth-order valence-corrected chi connectivity index (χ4v) is 4.06. The Hall–Kier alpha value is -2.27. The Morgan fingerprint density at radius 2 is 1.85 bits per heavy atom. The molecule has 1 fully saturated rings. The highest BCUT2D eigenvalue weighted by Gasteiger charge is 2.29. The molecule has 2 aromatic rings. The predicted molar refractivity (Wildman–Crippen MR) is 111 cm³/mol. The van der Waals surface area contributed by atoms with Crippen LogP contribution >= 0.6 is 11.8 Å². The minimum absolute atomic E-state index is 0.00817. The monoisotopic (exact) mass is 382 g/mol. The van der Waals surface area contributed by atoms with Crippen molar-refractivity contribution in [1.82, 2.24) is 4.90 Å². The van der Waals surface area contributed by atoms with E-state index in [1.165, 1.54) is 0 Å². The highest BCUT2D eigenvalue weighted by molar-refractivity contribution is 7.98. The van der Waals surface area contributed by atoms with Crippen LogP contribution in [0, 0.1) is 19.8 Å². The Labute approximate surface area is 165 Å². The zero-order valence-corrected chi connectivity index (χ0v) is 16.9. The third kappa shape index (κ3) is 4.92. The Morgan fingerprint density at radius 3 is 2.56 bits per heavy atom. The lowest BCUT2D eigenvalue weighted by Gasteiger charge is -2.32. The molecule has 1 heterocycles. The summed E-state index contributed by atoms with van der Waals surface area (Å²) in [6.45, 7) is 5.18. The number of anilines is 1. The second-order valence-electron chi connectivity index (χ2n) is 7.19. The van der Waals surface area contributed by atoms with Gasteiger partial charge in [-0.1, -0.05) is 23.3 Å². The Balaban J connectivity index is 1.67. The first kappa shape index (κ1) is 19.5. The van der Waals surface area contributed by atoms with Crippen molar-refractivity contribution in [3.63, 3.8) is 0 Å². The summed E-state index contributed by atoms with van der Waals surface area (Å²) in [7, 11) is 0. The van der Waals surface area contributed by atoms with Crippen molar-refractivity contribution in [2.75, 3.05) is 24.7 Å². The SMILES string of the molecule is CSc1cccc(NC(=O)[C@@H]2CCCN(C(=O)c3cc(C)cc(C)c3)C2)c1. The van der Waals surface area contributed by atoms with E-state index < -0.39 is 0 Å². The molecule has 5 heteroatoms. The van der Waals surface area contributed by atoms with Gasteiger partial charge in [0, 0.05) is 29.2 Å². The fourth-order valence-electron chi connectivity index (χ4n) is 3.60. The minimum atomic E-state index is -0.174. The first-order valence-electron chi connectivity index (χ1n) is 9.29. The largest absolute Gasteiger partial charge is 0.338 e. The quantitative estimate of drug-likeness (QED) is 0.791. The smallest absolute Gasteiger partial charge is 0.253 e. The topological polar surface area (TPSA) is 49.4 Å². The number of carbonyl (C=O) groups is 2. The van der Waals surface area contributed by atoms with E-state index in [1.54, 1.807) is 11.8 Å². The van der Waals surface area contributed by atoms with Crippen molar-refractivity contribution in [1.29, 1.82) is 0 Å². The van der Waals surface area contributed by atoms with Gasteiger partial charge in [-0.25, -0.2) is 0 Å². The van der Waals surface area contributed by atoms with E-state index >= 15 is 0 Å². The molecule has 0 bridgehead atoms. The summed E-state index contributed by atoms with van der Waals surface area (Å²) >= 11 is 1.65. The van der Waals surface area contributed by atoms with E-state index in [0.717, 1.165) is 34.6 Å². The number of carbonyl (C=O) groups excluding carboxylic acids is 2. The number of likely N-dealkylation sites (tertiary alicyclic amines) is 1. The molecule has 3 rings (SSSR count). The van der Waals surface area contributed by atoms with Crippen molar-refractivity contribution in [3.8, 4) is 0 Å². The van der Waals surface area contributed by atoms with E-state index in [0.29, 0.717) is 18.7 Å². The molecule has 4 nitrogen and oxygen atoms in total. The van der Waals surface area contributed by atoms with E-state index in [1.807, 2.05) is 61.4 Å². The molecule has 27 heavy (non-hydrogen) atoms. The summed E-state index contributed by atoms with van der Waals surface area (Å²) in [5.74, 6) is -0.165. The molecule has 0 radical (unpaired) electrons. The van der Waals surface area contributed by atoms with Gasteiger partial charge < -0.3 is 10.2 Å². The van der Waals surface area contributed by atoms with Crippen molar-refractivity contribution in [2.24, 2.45) is 5.92 Å². The van der Waals surface area contributed by atoms with Crippen LogP contribution in [-0.4, -0.2) is 36.1 Å². The Morgan fingerprint density at radius 1 is 1.11 bits per heavy atom. The Kier molecular flexibility index (Phi) is 6.22. The van der Waals surface area contributed by atoms with E-state index in [2.05, 4.69) is 11.4 Å². The number of thioether (sulfide) groups is 1. The molecular formula is C22H26N2O2S. The average molecular weight is 383 g/mol. The highest BCUT2D eigenvalue weighted by Crippen LogP contribution is 2.23. The van der Waals surface area contributed by atoms with Crippen molar-refractivity contribution in [2.45, 2.75) is 31.6 Å². The number of rotatable bonds is 4. The summed E-state index contributed by atoms with van der Waals surface area (Å²) in [6.07, 6.45) is 3.67. The summed E-state index contributed by atoms with van der Waals surface area (Å²) in [4.78, 5) is 28.6. The summed E-state index contributed by atoms with van der Waals surface area (Å²) in [6, 6.07) is 13.7. The van der Waals surface area contributed by atoms with Crippen LogP contribution in [0.2, 0.25) is 0 Å². The number of nitrogens with zero attached hydrogens (tertiary/aromatic N) is 1. The standard InChI is InChI=1S/C22H26N2O2S/c1-15-10-16(2)12-18(11-15)22(26)24-9-5-6-17(14-24)21(25)23-19-7-4-8-20(13-19)27-3/h4,7-8,10-13,17H,5-6,9,14H2,1-3H3,(H,23,25)/t17-/m1/s1. The van der Waals surface area contributed by atoms with Gasteiger partial charge in [0.15, 0.2) is 0 Å². The molecule has 2 amide bonds. The molecule has 2 aromatic carbocycles. The molecule has 0 unspecified atom stereocenters. The maximum atomic E-state index is 12.9.